The average Bonchev–Trinajstić information content (AvgIpc) is 3.38. The topological polar surface area (TPSA) is 71.4 Å². The van der Waals surface area contributed by atoms with Crippen LogP contribution >= 0.6 is 32.9 Å². The minimum Gasteiger partial charge on any atom is -0.504 e. The molecule has 0 saturated carbocycles. The molecule has 0 aliphatic carbocycles. The lowest BCUT2D eigenvalue weighted by molar-refractivity contribution is 0.0986. The fourth-order valence-corrected chi connectivity index (χ4v) is 6.74. The summed E-state index contributed by atoms with van der Waals surface area (Å²) in [5.41, 5.74) is 2.86. The molecule has 1 saturated heterocycles. The summed E-state index contributed by atoms with van der Waals surface area (Å²) in [5.74, 6) is 1.10. The fourth-order valence-electron chi connectivity index (χ4n) is 3.83. The lowest BCUT2D eigenvalue weighted by Gasteiger charge is -2.30. The van der Waals surface area contributed by atoms with E-state index < -0.39 is 20.7 Å². The molecule has 0 spiro atoms. The molecule has 1 fully saturated rings. The first kappa shape index (κ1) is 25.4. The first-order valence-corrected chi connectivity index (χ1v) is 13.8. The molecule has 2 aliphatic heterocycles. The summed E-state index contributed by atoms with van der Waals surface area (Å²) in [5, 5.41) is 19.7. The van der Waals surface area contributed by atoms with Gasteiger partial charge in [0.1, 0.15) is 3.00 Å². The van der Waals surface area contributed by atoms with Crippen molar-refractivity contribution in [1.82, 2.24) is 4.90 Å². The second kappa shape index (κ2) is 11.8. The molecule has 0 aromatic heterocycles. The number of ether oxygens (including phenoxy) is 3. The number of halogens is 1. The van der Waals surface area contributed by atoms with E-state index in [9.17, 15) is 10.2 Å². The summed E-state index contributed by atoms with van der Waals surface area (Å²) in [6.45, 7) is 1.55. The van der Waals surface area contributed by atoms with E-state index in [1.54, 1.807) is 24.3 Å². The number of hydrogen-bond donors (Lipinski definition) is 2. The second-order valence-corrected chi connectivity index (χ2v) is 12.0. The molecule has 2 aromatic rings. The van der Waals surface area contributed by atoms with Crippen LogP contribution in [0, 0.1) is 0 Å². The predicted octanol–water partition coefficient (Wildman–Crippen LogP) is 5.65. The van der Waals surface area contributed by atoms with E-state index in [1.807, 2.05) is 30.4 Å². The van der Waals surface area contributed by atoms with Crippen LogP contribution in [0.2, 0.25) is 0 Å². The SMILES string of the molecule is COc1cc(/C=C/C2=CC(/C=C/c3ccc(O)c(OC)c3)=IC(=S)N2CC2CCCO2)ccc1O. The standard InChI is InChI=1S/C27H28INO5S/c1-32-25-14-18(7-11-23(25)30)5-9-20-16-21(10-6-19-8-12-24(31)26(15-19)33-2)29(27(35)28-20)17-22-4-3-13-34-22/h5-12,14-16,22,30-31H,3-4,13,17H2,1-2H3/b9-5+,10-6+. The van der Waals surface area contributed by atoms with Gasteiger partial charge in [0.25, 0.3) is 0 Å². The van der Waals surface area contributed by atoms with Gasteiger partial charge in [-0.05, 0) is 87.2 Å². The molecule has 184 valence electrons. The van der Waals surface area contributed by atoms with Crippen LogP contribution < -0.4 is 9.47 Å². The number of phenols is 2. The van der Waals surface area contributed by atoms with Gasteiger partial charge < -0.3 is 29.3 Å². The van der Waals surface area contributed by atoms with Crippen LogP contribution in [0.4, 0.5) is 0 Å². The number of nitrogens with zero attached hydrogens (tertiary/aromatic N) is 1. The molecule has 8 heteroatoms. The molecule has 6 nitrogen and oxygen atoms in total. The molecule has 0 radical (unpaired) electrons. The highest BCUT2D eigenvalue weighted by molar-refractivity contribution is 14.2. The van der Waals surface area contributed by atoms with Gasteiger partial charge in [0.2, 0.25) is 0 Å². The maximum atomic E-state index is 9.90. The zero-order chi connectivity index (χ0) is 24.8. The van der Waals surface area contributed by atoms with Gasteiger partial charge in [-0.25, -0.2) is 0 Å². The Morgan fingerprint density at radius 1 is 1.00 bits per heavy atom. The van der Waals surface area contributed by atoms with Crippen molar-refractivity contribution in [3.8, 4) is 23.0 Å². The van der Waals surface area contributed by atoms with Crippen LogP contribution in [-0.4, -0.2) is 55.1 Å². The molecule has 1 atom stereocenters. The van der Waals surface area contributed by atoms with E-state index in [2.05, 4.69) is 17.1 Å². The van der Waals surface area contributed by atoms with E-state index in [4.69, 9.17) is 26.4 Å². The van der Waals surface area contributed by atoms with Gasteiger partial charge in [-0.1, -0.05) is 36.5 Å². The number of rotatable bonds is 8. The van der Waals surface area contributed by atoms with Gasteiger partial charge in [-0.3, -0.25) is 0 Å². The zero-order valence-corrected chi connectivity index (χ0v) is 22.6. The van der Waals surface area contributed by atoms with Crippen molar-refractivity contribution in [2.45, 2.75) is 18.9 Å². The molecule has 2 aromatic carbocycles. The lowest BCUT2D eigenvalue weighted by atomic mass is 10.1. The normalized spacial score (nSPS) is 18.5. The van der Waals surface area contributed by atoms with Gasteiger partial charge in [-0.2, -0.15) is 0 Å². The number of methoxy groups -OCH3 is 2. The van der Waals surface area contributed by atoms with Gasteiger partial charge in [-0.15, -0.1) is 0 Å². The summed E-state index contributed by atoms with van der Waals surface area (Å²) >= 11 is 5.36. The molecule has 4 rings (SSSR count). The third kappa shape index (κ3) is 6.50. The van der Waals surface area contributed by atoms with E-state index in [1.165, 1.54) is 17.7 Å². The van der Waals surface area contributed by atoms with E-state index in [0.29, 0.717) is 11.5 Å². The van der Waals surface area contributed by atoms with Crippen LogP contribution in [0.25, 0.3) is 12.2 Å². The summed E-state index contributed by atoms with van der Waals surface area (Å²) < 4.78 is 18.5. The maximum absolute atomic E-state index is 9.90. The Kier molecular flexibility index (Phi) is 8.59. The van der Waals surface area contributed by atoms with E-state index >= 15 is 0 Å². The van der Waals surface area contributed by atoms with E-state index in [-0.39, 0.29) is 17.6 Å². The highest BCUT2D eigenvalue weighted by Crippen LogP contribution is 2.30. The van der Waals surface area contributed by atoms with Gasteiger partial charge in [0.15, 0.2) is 23.0 Å². The molecule has 0 amide bonds. The van der Waals surface area contributed by atoms with Crippen molar-refractivity contribution in [2.24, 2.45) is 0 Å². The third-order valence-electron chi connectivity index (χ3n) is 5.70. The number of aromatic hydroxyl groups is 2. The van der Waals surface area contributed by atoms with Crippen molar-refractivity contribution in [3.63, 3.8) is 0 Å². The number of phenolic OH excluding ortho intramolecular Hbond substituents is 2. The Morgan fingerprint density at radius 2 is 1.63 bits per heavy atom. The Morgan fingerprint density at radius 3 is 2.20 bits per heavy atom. The Balaban J connectivity index is 1.61. The largest absolute Gasteiger partial charge is 0.504 e. The van der Waals surface area contributed by atoms with Gasteiger partial charge in [0, 0.05) is 15.8 Å². The molecule has 0 bridgehead atoms. The number of benzene rings is 2. The van der Waals surface area contributed by atoms with Crippen LogP contribution in [-0.2, 0) is 4.74 Å². The quantitative estimate of drug-likeness (QED) is 0.175. The fraction of sp³-hybridized carbons (Fsp3) is 0.259. The Labute approximate surface area is 220 Å². The summed E-state index contributed by atoms with van der Waals surface area (Å²) in [7, 11) is 3.07. The summed E-state index contributed by atoms with van der Waals surface area (Å²) in [6, 6.07) is 10.5. The van der Waals surface area contributed by atoms with Crippen molar-refractivity contribution in [3.05, 3.63) is 71.5 Å². The van der Waals surface area contributed by atoms with Crippen LogP contribution in [0.1, 0.15) is 24.0 Å². The van der Waals surface area contributed by atoms with Crippen molar-refractivity contribution in [1.29, 1.82) is 0 Å². The molecule has 2 heterocycles. The highest BCUT2D eigenvalue weighted by Gasteiger charge is 2.24. The second-order valence-electron chi connectivity index (χ2n) is 8.08. The van der Waals surface area contributed by atoms with Crippen LogP contribution in [0.15, 0.2) is 60.3 Å². The minimum absolute atomic E-state index is 0.110. The minimum atomic E-state index is -0.511. The molecule has 1 unspecified atom stereocenters. The summed E-state index contributed by atoms with van der Waals surface area (Å²) in [6.07, 6.45) is 12.6. The number of thiocarbonyl (C=S) groups is 1. The Bertz CT molecular complexity index is 1210. The van der Waals surface area contributed by atoms with Crippen LogP contribution in [0.3, 0.4) is 0 Å². The zero-order valence-electron chi connectivity index (χ0n) is 19.6. The smallest absolute Gasteiger partial charge is 0.161 e. The molecule has 2 aliphatic rings. The highest BCUT2D eigenvalue weighted by atomic mass is 127. The summed E-state index contributed by atoms with van der Waals surface area (Å²) in [4.78, 5) is 2.20. The predicted molar refractivity (Wildman–Crippen MR) is 153 cm³/mol. The van der Waals surface area contributed by atoms with Gasteiger partial charge >= 0.3 is 0 Å². The molecular formula is C27H28INO5S. The lowest BCUT2D eigenvalue weighted by Crippen LogP contribution is -2.34. The maximum Gasteiger partial charge on any atom is 0.161 e. The first-order valence-electron chi connectivity index (χ1n) is 11.2. The van der Waals surface area contributed by atoms with Crippen molar-refractivity contribution < 1.29 is 24.4 Å². The van der Waals surface area contributed by atoms with Gasteiger partial charge in [0.05, 0.1) is 26.9 Å². The number of allylic oxidation sites excluding steroid dienone is 3. The number of hydrogen-bond acceptors (Lipinski definition) is 6. The Hall–Kier alpha value is -2.69. The van der Waals surface area contributed by atoms with Crippen LogP contribution in [0.5, 0.6) is 23.0 Å². The molecule has 35 heavy (non-hydrogen) atoms. The first-order chi connectivity index (χ1) is 17.0. The van der Waals surface area contributed by atoms with E-state index in [0.717, 1.165) is 45.8 Å². The molecular weight excluding hydrogens is 577 g/mol. The average molecular weight is 605 g/mol. The third-order valence-corrected chi connectivity index (χ3v) is 8.77. The van der Waals surface area contributed by atoms with Crippen molar-refractivity contribution in [2.75, 3.05) is 27.4 Å². The monoisotopic (exact) mass is 605 g/mol. The molecule has 2 N–H and O–H groups in total. The van der Waals surface area contributed by atoms with Crippen molar-refractivity contribution >= 4 is 51.6 Å².